The summed E-state index contributed by atoms with van der Waals surface area (Å²) in [5, 5.41) is 7.75. The van der Waals surface area contributed by atoms with Gasteiger partial charge >= 0.3 is 0 Å². The van der Waals surface area contributed by atoms with Gasteiger partial charge in [-0.25, -0.2) is 0 Å². The van der Waals surface area contributed by atoms with Gasteiger partial charge in [0.2, 0.25) is 0 Å². The lowest BCUT2D eigenvalue weighted by molar-refractivity contribution is 0.487. The first-order valence-corrected chi connectivity index (χ1v) is 22.9. The summed E-state index contributed by atoms with van der Waals surface area (Å²) in [5.74, 6) is 1.86. The zero-order valence-electron chi connectivity index (χ0n) is 33.6. The average molecular weight is 784 g/mol. The molecule has 0 saturated carbocycles. The topological polar surface area (TPSA) is 14.2 Å². The number of nitrogens with zero attached hydrogens (tertiary/aromatic N) is 1. The molecule has 0 radical (unpaired) electrons. The van der Waals surface area contributed by atoms with Gasteiger partial charge < -0.3 is 9.30 Å². The van der Waals surface area contributed by atoms with Crippen LogP contribution in [-0.4, -0.2) is 12.6 Å². The Morgan fingerprint density at radius 3 is 1.75 bits per heavy atom. The van der Waals surface area contributed by atoms with Crippen LogP contribution < -0.4 is 25.5 Å². The SMILES string of the molecule is CC1(C)c2ccccc2-c2ccc([Si]3(c4ccc(-n5c6ccccc6c6ccccc65)cc4)c4ccccc4Oc4cccc(-c5ccccc5-c5ccccc5)c43)cc21. The Labute approximate surface area is 351 Å². The third-order valence-corrected chi connectivity index (χ3v) is 18.2. The number of rotatable bonds is 5. The van der Waals surface area contributed by atoms with Gasteiger partial charge in [0, 0.05) is 27.1 Å². The van der Waals surface area contributed by atoms with Crippen LogP contribution in [0.4, 0.5) is 0 Å². The van der Waals surface area contributed by atoms with Crippen molar-refractivity contribution in [3.05, 3.63) is 223 Å². The summed E-state index contributed by atoms with van der Waals surface area (Å²) in [6, 6.07) is 78.8. The highest BCUT2D eigenvalue weighted by Crippen LogP contribution is 2.48. The highest BCUT2D eigenvalue weighted by atomic mass is 28.3. The van der Waals surface area contributed by atoms with Crippen LogP contribution in [0.15, 0.2) is 212 Å². The van der Waals surface area contributed by atoms with Crippen molar-refractivity contribution in [3.63, 3.8) is 0 Å². The fraction of sp³-hybridized carbons (Fsp3) is 0.0526. The molecule has 1 aliphatic carbocycles. The van der Waals surface area contributed by atoms with Gasteiger partial charge in [0.25, 0.3) is 0 Å². The van der Waals surface area contributed by atoms with E-state index in [1.165, 1.54) is 87.1 Å². The summed E-state index contributed by atoms with van der Waals surface area (Å²) in [6.45, 7) is 4.78. The van der Waals surface area contributed by atoms with Gasteiger partial charge in [-0.2, -0.15) is 0 Å². The first-order chi connectivity index (χ1) is 29.5. The van der Waals surface area contributed by atoms with E-state index in [1.54, 1.807) is 0 Å². The minimum atomic E-state index is -3.19. The molecule has 0 spiro atoms. The third-order valence-electron chi connectivity index (χ3n) is 13.4. The van der Waals surface area contributed by atoms with Crippen molar-refractivity contribution >= 4 is 50.6 Å². The Morgan fingerprint density at radius 2 is 0.983 bits per heavy atom. The van der Waals surface area contributed by atoms with Crippen molar-refractivity contribution < 1.29 is 4.74 Å². The van der Waals surface area contributed by atoms with Crippen molar-refractivity contribution in [2.75, 3.05) is 0 Å². The van der Waals surface area contributed by atoms with E-state index in [2.05, 4.69) is 231 Å². The fourth-order valence-electron chi connectivity index (χ4n) is 10.7. The zero-order chi connectivity index (χ0) is 40.0. The Hall–Kier alpha value is -7.20. The van der Waals surface area contributed by atoms with Crippen LogP contribution >= 0.6 is 0 Å². The number of hydrogen-bond acceptors (Lipinski definition) is 1. The molecule has 1 unspecified atom stereocenters. The number of ether oxygens (including phenoxy) is 1. The van der Waals surface area contributed by atoms with Crippen LogP contribution in [0.1, 0.15) is 25.0 Å². The van der Waals surface area contributed by atoms with Crippen molar-refractivity contribution in [1.29, 1.82) is 0 Å². The summed E-state index contributed by atoms with van der Waals surface area (Å²) in [6.07, 6.45) is 0. The summed E-state index contributed by atoms with van der Waals surface area (Å²) in [7, 11) is -3.19. The normalized spacial score (nSPS) is 15.8. The van der Waals surface area contributed by atoms with Gasteiger partial charge in [-0.1, -0.05) is 190 Å². The number of benzene rings is 9. The molecule has 9 aromatic carbocycles. The molecule has 3 heteroatoms. The Morgan fingerprint density at radius 1 is 0.417 bits per heavy atom. The van der Waals surface area contributed by atoms with Crippen molar-refractivity contribution in [1.82, 2.24) is 4.57 Å². The summed E-state index contributed by atoms with van der Waals surface area (Å²) in [5.41, 5.74) is 13.6. The molecule has 1 atom stereocenters. The molecule has 0 amide bonds. The van der Waals surface area contributed by atoms with Crippen LogP contribution in [-0.2, 0) is 5.41 Å². The predicted octanol–water partition coefficient (Wildman–Crippen LogP) is 11.9. The molecule has 2 nitrogen and oxygen atoms in total. The summed E-state index contributed by atoms with van der Waals surface area (Å²) in [4.78, 5) is 0. The molecule has 0 bridgehead atoms. The third kappa shape index (κ3) is 4.87. The maximum atomic E-state index is 7.08. The van der Waals surface area contributed by atoms with Crippen LogP contribution in [0, 0.1) is 0 Å². The fourth-order valence-corrected chi connectivity index (χ4v) is 15.8. The highest BCUT2D eigenvalue weighted by Gasteiger charge is 2.50. The van der Waals surface area contributed by atoms with Gasteiger partial charge in [0.05, 0.1) is 11.0 Å². The zero-order valence-corrected chi connectivity index (χ0v) is 34.6. The van der Waals surface area contributed by atoms with E-state index in [-0.39, 0.29) is 5.41 Å². The first-order valence-electron chi connectivity index (χ1n) is 20.9. The molecule has 0 N–H and O–H groups in total. The molecule has 284 valence electrons. The second-order valence-corrected chi connectivity index (χ2v) is 20.5. The van der Waals surface area contributed by atoms with Crippen molar-refractivity contribution in [2.24, 2.45) is 0 Å². The van der Waals surface area contributed by atoms with Gasteiger partial charge in [-0.3, -0.25) is 0 Å². The van der Waals surface area contributed by atoms with Gasteiger partial charge in [-0.15, -0.1) is 0 Å². The number of hydrogen-bond donors (Lipinski definition) is 0. The second-order valence-electron chi connectivity index (χ2n) is 16.8. The maximum absolute atomic E-state index is 7.08. The second kappa shape index (κ2) is 13.2. The molecule has 0 fully saturated rings. The molecule has 1 aromatic heterocycles. The molecule has 60 heavy (non-hydrogen) atoms. The molecular formula is C57H41NOSi. The van der Waals surface area contributed by atoms with E-state index in [1.807, 2.05) is 0 Å². The standard InChI is InChI=1S/C57H41NOSi/c1-57(2)49-25-11-8-21-44(49)45-36-35-41(37-50(45)57)60(40-33-31-39(32-34-40)58-51-26-12-9-22-46(51)47-23-10-13-27-52(47)58)55-30-15-14-28-53(55)59-54-29-16-24-48(56(54)60)43-20-7-6-19-42(43)38-17-4-3-5-18-38/h3-37H,1-2H3. The molecule has 10 aromatic rings. The number of para-hydroxylation sites is 3. The van der Waals surface area contributed by atoms with Crippen molar-refractivity contribution in [3.8, 4) is 50.6 Å². The maximum Gasteiger partial charge on any atom is 0.189 e. The van der Waals surface area contributed by atoms with Gasteiger partial charge in [-0.05, 0) is 96.5 Å². The highest BCUT2D eigenvalue weighted by molar-refractivity contribution is 7.21. The van der Waals surface area contributed by atoms with Crippen LogP contribution in [0.5, 0.6) is 11.5 Å². The Kier molecular flexibility index (Phi) is 7.63. The van der Waals surface area contributed by atoms with Crippen LogP contribution in [0.25, 0.3) is 60.9 Å². The minimum absolute atomic E-state index is 0.162. The molecule has 1 aliphatic heterocycles. The summed E-state index contributed by atoms with van der Waals surface area (Å²) >= 11 is 0. The average Bonchev–Trinajstić information content (AvgIpc) is 3.76. The Balaban J connectivity index is 1.18. The smallest absolute Gasteiger partial charge is 0.189 e. The quantitative estimate of drug-likeness (QED) is 0.159. The largest absolute Gasteiger partial charge is 0.458 e. The van der Waals surface area contributed by atoms with Crippen molar-refractivity contribution in [2.45, 2.75) is 19.3 Å². The first kappa shape index (κ1) is 34.8. The predicted molar refractivity (Wildman–Crippen MR) is 253 cm³/mol. The molecule has 2 aliphatic rings. The lowest BCUT2D eigenvalue weighted by Gasteiger charge is -2.41. The lowest BCUT2D eigenvalue weighted by atomic mass is 9.82. The van der Waals surface area contributed by atoms with E-state index in [0.717, 1.165) is 17.2 Å². The van der Waals surface area contributed by atoms with E-state index < -0.39 is 8.07 Å². The molecule has 0 saturated heterocycles. The summed E-state index contributed by atoms with van der Waals surface area (Å²) < 4.78 is 9.50. The van der Waals surface area contributed by atoms with Gasteiger partial charge in [0.15, 0.2) is 8.07 Å². The van der Waals surface area contributed by atoms with Crippen LogP contribution in [0.2, 0.25) is 0 Å². The number of fused-ring (bicyclic) bond motifs is 8. The molecule has 12 rings (SSSR count). The molecule has 2 heterocycles. The Bertz CT molecular complexity index is 3270. The lowest BCUT2D eigenvalue weighted by Crippen LogP contribution is -2.76. The van der Waals surface area contributed by atoms with Gasteiger partial charge in [0.1, 0.15) is 11.5 Å². The minimum Gasteiger partial charge on any atom is -0.458 e. The van der Waals surface area contributed by atoms with E-state index in [9.17, 15) is 0 Å². The van der Waals surface area contributed by atoms with E-state index in [4.69, 9.17) is 4.74 Å². The van der Waals surface area contributed by atoms with E-state index >= 15 is 0 Å². The van der Waals surface area contributed by atoms with E-state index in [0.29, 0.717) is 0 Å². The monoisotopic (exact) mass is 783 g/mol. The number of aromatic nitrogens is 1. The molecular weight excluding hydrogens is 743 g/mol. The van der Waals surface area contributed by atoms with Crippen LogP contribution in [0.3, 0.4) is 0 Å².